The minimum absolute atomic E-state index is 0.128. The third-order valence-corrected chi connectivity index (χ3v) is 6.51. The summed E-state index contributed by atoms with van der Waals surface area (Å²) in [5.74, 6) is 0.128. The molecular formula is C11H19N3O3S2. The van der Waals surface area contributed by atoms with Gasteiger partial charge in [0.15, 0.2) is 15.7 Å². The standard InChI is InChI=1S/C11H19N3O3S2/c1-3-14(6-7-17-2)11-9(10(12)13-18-11)19(15,16)8-4-5-8/h8H,3-7H2,1-2H3,(H2,12,13). The van der Waals surface area contributed by atoms with Crippen molar-refractivity contribution in [1.82, 2.24) is 4.37 Å². The van der Waals surface area contributed by atoms with Gasteiger partial charge in [-0.05, 0) is 31.3 Å². The summed E-state index contributed by atoms with van der Waals surface area (Å²) in [6.45, 7) is 3.83. The van der Waals surface area contributed by atoms with E-state index in [1.165, 1.54) is 0 Å². The Morgan fingerprint density at radius 1 is 1.53 bits per heavy atom. The molecule has 0 amide bonds. The summed E-state index contributed by atoms with van der Waals surface area (Å²) >= 11 is 1.15. The second-order valence-corrected chi connectivity index (χ2v) is 7.44. The first-order valence-electron chi connectivity index (χ1n) is 6.25. The van der Waals surface area contributed by atoms with Crippen molar-refractivity contribution in [2.75, 3.05) is 37.4 Å². The van der Waals surface area contributed by atoms with Crippen molar-refractivity contribution in [3.05, 3.63) is 0 Å². The average molecular weight is 305 g/mol. The number of nitrogen functional groups attached to an aromatic ring is 1. The van der Waals surface area contributed by atoms with Crippen molar-refractivity contribution in [3.63, 3.8) is 0 Å². The number of likely N-dealkylation sites (N-methyl/N-ethyl adjacent to an activating group) is 1. The largest absolute Gasteiger partial charge is 0.383 e. The summed E-state index contributed by atoms with van der Waals surface area (Å²) < 4.78 is 33.9. The van der Waals surface area contributed by atoms with Gasteiger partial charge in [-0.2, -0.15) is 4.37 Å². The maximum atomic E-state index is 12.4. The number of methoxy groups -OCH3 is 1. The molecule has 1 heterocycles. The van der Waals surface area contributed by atoms with Gasteiger partial charge in [0, 0.05) is 20.2 Å². The van der Waals surface area contributed by atoms with E-state index in [1.807, 2.05) is 11.8 Å². The number of sulfone groups is 1. The fraction of sp³-hybridized carbons (Fsp3) is 0.727. The maximum absolute atomic E-state index is 12.4. The zero-order chi connectivity index (χ0) is 14.0. The van der Waals surface area contributed by atoms with E-state index in [0.717, 1.165) is 24.4 Å². The highest BCUT2D eigenvalue weighted by Crippen LogP contribution is 2.42. The Balaban J connectivity index is 2.36. The van der Waals surface area contributed by atoms with E-state index in [4.69, 9.17) is 10.5 Å². The van der Waals surface area contributed by atoms with E-state index in [9.17, 15) is 8.42 Å². The fourth-order valence-electron chi connectivity index (χ4n) is 1.90. The lowest BCUT2D eigenvalue weighted by Crippen LogP contribution is -2.27. The summed E-state index contributed by atoms with van der Waals surface area (Å²) in [6.07, 6.45) is 1.45. The van der Waals surface area contributed by atoms with Crippen LogP contribution < -0.4 is 10.6 Å². The predicted octanol–water partition coefficient (Wildman–Crippen LogP) is 1.13. The molecule has 6 nitrogen and oxygen atoms in total. The van der Waals surface area contributed by atoms with E-state index in [2.05, 4.69) is 4.37 Å². The Kier molecular flexibility index (Phi) is 4.32. The molecule has 1 aliphatic rings. The Morgan fingerprint density at radius 3 is 2.74 bits per heavy atom. The normalized spacial score (nSPS) is 15.7. The molecule has 1 aliphatic carbocycles. The van der Waals surface area contributed by atoms with E-state index in [1.54, 1.807) is 7.11 Å². The number of nitrogens with zero attached hydrogens (tertiary/aromatic N) is 2. The van der Waals surface area contributed by atoms with Gasteiger partial charge < -0.3 is 15.4 Å². The van der Waals surface area contributed by atoms with Gasteiger partial charge in [0.05, 0.1) is 11.9 Å². The molecule has 19 heavy (non-hydrogen) atoms. The van der Waals surface area contributed by atoms with Gasteiger partial charge in [0.1, 0.15) is 9.90 Å². The van der Waals surface area contributed by atoms with Gasteiger partial charge in [0.2, 0.25) is 0 Å². The number of ether oxygens (including phenoxy) is 1. The van der Waals surface area contributed by atoms with Crippen molar-refractivity contribution >= 4 is 32.2 Å². The van der Waals surface area contributed by atoms with Gasteiger partial charge in [-0.15, -0.1) is 0 Å². The summed E-state index contributed by atoms with van der Waals surface area (Å²) in [7, 11) is -1.70. The van der Waals surface area contributed by atoms with Crippen molar-refractivity contribution in [2.45, 2.75) is 29.9 Å². The van der Waals surface area contributed by atoms with Crippen LogP contribution in [0.2, 0.25) is 0 Å². The molecule has 0 unspecified atom stereocenters. The molecule has 0 bridgehead atoms. The third kappa shape index (κ3) is 2.85. The summed E-state index contributed by atoms with van der Waals surface area (Å²) in [5, 5.41) is 0.370. The van der Waals surface area contributed by atoms with Gasteiger partial charge in [-0.25, -0.2) is 8.42 Å². The number of nitrogens with two attached hydrogens (primary N) is 1. The molecule has 2 N–H and O–H groups in total. The van der Waals surface area contributed by atoms with Crippen molar-refractivity contribution in [1.29, 1.82) is 0 Å². The first kappa shape index (κ1) is 14.5. The zero-order valence-corrected chi connectivity index (χ0v) is 12.8. The lowest BCUT2D eigenvalue weighted by atomic mass is 10.5. The maximum Gasteiger partial charge on any atom is 0.187 e. The molecule has 108 valence electrons. The number of anilines is 2. The summed E-state index contributed by atoms with van der Waals surface area (Å²) in [4.78, 5) is 2.17. The van der Waals surface area contributed by atoms with Crippen molar-refractivity contribution < 1.29 is 13.2 Å². The van der Waals surface area contributed by atoms with Crippen LogP contribution >= 0.6 is 11.5 Å². The highest BCUT2D eigenvalue weighted by atomic mass is 32.2. The number of rotatable bonds is 7. The average Bonchev–Trinajstić information content (AvgIpc) is 3.15. The molecule has 1 fully saturated rings. The number of hydrogen-bond donors (Lipinski definition) is 1. The van der Waals surface area contributed by atoms with Crippen LogP contribution in [-0.2, 0) is 14.6 Å². The lowest BCUT2D eigenvalue weighted by Gasteiger charge is -2.21. The highest BCUT2D eigenvalue weighted by Gasteiger charge is 2.41. The number of hydrogen-bond acceptors (Lipinski definition) is 7. The van der Waals surface area contributed by atoms with Crippen LogP contribution in [0.5, 0.6) is 0 Å². The molecule has 0 radical (unpaired) electrons. The molecule has 8 heteroatoms. The molecule has 0 saturated heterocycles. The van der Waals surface area contributed by atoms with Gasteiger partial charge >= 0.3 is 0 Å². The van der Waals surface area contributed by atoms with Crippen LogP contribution in [0.15, 0.2) is 4.90 Å². The zero-order valence-electron chi connectivity index (χ0n) is 11.1. The monoisotopic (exact) mass is 305 g/mol. The third-order valence-electron chi connectivity index (χ3n) is 3.14. The van der Waals surface area contributed by atoms with E-state index < -0.39 is 9.84 Å². The predicted molar refractivity (Wildman–Crippen MR) is 76.5 cm³/mol. The molecular weight excluding hydrogens is 286 g/mol. The first-order valence-corrected chi connectivity index (χ1v) is 8.57. The minimum Gasteiger partial charge on any atom is -0.383 e. The smallest absolute Gasteiger partial charge is 0.187 e. The van der Waals surface area contributed by atoms with Crippen LogP contribution in [0.3, 0.4) is 0 Å². The fourth-order valence-corrected chi connectivity index (χ4v) is 5.02. The van der Waals surface area contributed by atoms with E-state index in [-0.39, 0.29) is 16.0 Å². The van der Waals surface area contributed by atoms with Crippen LogP contribution in [-0.4, -0.2) is 44.8 Å². The van der Waals surface area contributed by atoms with Crippen LogP contribution in [0, 0.1) is 0 Å². The van der Waals surface area contributed by atoms with E-state index >= 15 is 0 Å². The molecule has 0 spiro atoms. The SMILES string of the molecule is CCN(CCOC)c1snc(N)c1S(=O)(=O)C1CC1. The number of aromatic nitrogens is 1. The Hall–Kier alpha value is -0.860. The Bertz CT molecular complexity index is 537. The molecule has 1 saturated carbocycles. The van der Waals surface area contributed by atoms with E-state index in [0.29, 0.717) is 24.7 Å². The highest BCUT2D eigenvalue weighted by molar-refractivity contribution is 7.92. The second-order valence-electron chi connectivity index (χ2n) is 4.52. The Labute approximate surface area is 117 Å². The molecule has 1 aromatic rings. The topological polar surface area (TPSA) is 85.5 Å². The van der Waals surface area contributed by atoms with Crippen molar-refractivity contribution in [2.24, 2.45) is 0 Å². The van der Waals surface area contributed by atoms with Crippen LogP contribution in [0.25, 0.3) is 0 Å². The van der Waals surface area contributed by atoms with Crippen LogP contribution in [0.4, 0.5) is 10.8 Å². The first-order chi connectivity index (χ1) is 9.02. The summed E-state index contributed by atoms with van der Waals surface area (Å²) in [5.41, 5.74) is 5.78. The summed E-state index contributed by atoms with van der Waals surface area (Å²) in [6, 6.07) is 0. The van der Waals surface area contributed by atoms with Crippen LogP contribution in [0.1, 0.15) is 19.8 Å². The molecule has 1 aromatic heterocycles. The van der Waals surface area contributed by atoms with Crippen molar-refractivity contribution in [3.8, 4) is 0 Å². The molecule has 0 aliphatic heterocycles. The van der Waals surface area contributed by atoms with Gasteiger partial charge in [-0.1, -0.05) is 0 Å². The Morgan fingerprint density at radius 2 is 2.21 bits per heavy atom. The van der Waals surface area contributed by atoms with Gasteiger partial charge in [0.25, 0.3) is 0 Å². The second kappa shape index (κ2) is 5.64. The lowest BCUT2D eigenvalue weighted by molar-refractivity contribution is 0.205. The molecule has 0 aromatic carbocycles. The molecule has 2 rings (SSSR count). The van der Waals surface area contributed by atoms with Gasteiger partial charge in [-0.3, -0.25) is 0 Å². The quantitative estimate of drug-likeness (QED) is 0.813. The minimum atomic E-state index is -3.32. The molecule has 0 atom stereocenters.